The first-order valence-corrected chi connectivity index (χ1v) is 8.77. The summed E-state index contributed by atoms with van der Waals surface area (Å²) in [6.45, 7) is 5.39. The fourth-order valence-electron chi connectivity index (χ4n) is 2.94. The van der Waals surface area contributed by atoms with E-state index in [4.69, 9.17) is 0 Å². The first-order chi connectivity index (χ1) is 10.7. The van der Waals surface area contributed by atoms with Crippen LogP contribution in [0.1, 0.15) is 24.8 Å². The molecule has 23 heavy (non-hydrogen) atoms. The van der Waals surface area contributed by atoms with E-state index in [1.807, 2.05) is 0 Å². The molecule has 0 atom stereocenters. The van der Waals surface area contributed by atoms with Gasteiger partial charge in [-0.15, -0.1) is 6.58 Å². The van der Waals surface area contributed by atoms with Gasteiger partial charge < -0.3 is 5.11 Å². The number of rotatable bonds is 5. The number of carbonyl (C=O) groups is 1. The predicted molar refractivity (Wildman–Crippen MR) is 84.0 cm³/mol. The zero-order valence-electron chi connectivity index (χ0n) is 13.0. The molecule has 1 heterocycles. The Kier molecular flexibility index (Phi) is 4.91. The van der Waals surface area contributed by atoms with Crippen LogP contribution in [0.5, 0.6) is 0 Å². The van der Waals surface area contributed by atoms with Crippen molar-refractivity contribution in [3.63, 3.8) is 0 Å². The number of aryl methyl sites for hydroxylation is 1. The maximum absolute atomic E-state index is 13.5. The van der Waals surface area contributed by atoms with Crippen molar-refractivity contribution in [2.45, 2.75) is 31.1 Å². The molecule has 1 fully saturated rings. The Morgan fingerprint density at radius 2 is 2.00 bits per heavy atom. The third-order valence-corrected chi connectivity index (χ3v) is 6.20. The second kappa shape index (κ2) is 6.41. The standard InChI is InChI=1S/C16H20FNO4S/c1-3-4-16(15(19)20)5-7-18(8-6-16)23(21,22)14-10-12(2)9-13(17)11-14/h3,9-11H,1,4-8H2,2H3,(H,19,20). The zero-order valence-corrected chi connectivity index (χ0v) is 13.8. The smallest absolute Gasteiger partial charge is 0.310 e. The first kappa shape index (κ1) is 17.6. The Morgan fingerprint density at radius 3 is 2.48 bits per heavy atom. The van der Waals surface area contributed by atoms with Gasteiger partial charge in [-0.1, -0.05) is 6.08 Å². The number of hydrogen-bond acceptors (Lipinski definition) is 3. The summed E-state index contributed by atoms with van der Waals surface area (Å²) < 4.78 is 40.0. The van der Waals surface area contributed by atoms with Gasteiger partial charge in [-0.05, 0) is 49.9 Å². The lowest BCUT2D eigenvalue weighted by molar-refractivity contribution is -0.151. The minimum atomic E-state index is -3.82. The van der Waals surface area contributed by atoms with E-state index in [1.165, 1.54) is 16.4 Å². The molecule has 0 saturated carbocycles. The molecule has 1 aromatic rings. The molecule has 5 nitrogen and oxygen atoms in total. The van der Waals surface area contributed by atoms with Gasteiger partial charge in [0.15, 0.2) is 0 Å². The van der Waals surface area contributed by atoms with Gasteiger partial charge in [0.25, 0.3) is 0 Å². The summed E-state index contributed by atoms with van der Waals surface area (Å²) in [5, 5.41) is 9.43. The quantitative estimate of drug-likeness (QED) is 0.835. The monoisotopic (exact) mass is 341 g/mol. The Hall–Kier alpha value is -1.73. The summed E-state index contributed by atoms with van der Waals surface area (Å²) in [7, 11) is -3.82. The van der Waals surface area contributed by atoms with Gasteiger partial charge >= 0.3 is 5.97 Å². The predicted octanol–water partition coefficient (Wildman–Crippen LogP) is 2.57. The van der Waals surface area contributed by atoms with E-state index >= 15 is 0 Å². The van der Waals surface area contributed by atoms with E-state index in [2.05, 4.69) is 6.58 Å². The molecular formula is C16H20FNO4S. The van der Waals surface area contributed by atoms with Crippen LogP contribution in [0.2, 0.25) is 0 Å². The number of aliphatic carboxylic acids is 1. The minimum Gasteiger partial charge on any atom is -0.481 e. The Labute approximate surface area is 135 Å². The number of sulfonamides is 1. The molecule has 0 aromatic heterocycles. The van der Waals surface area contributed by atoms with Crippen molar-refractivity contribution in [2.75, 3.05) is 13.1 Å². The highest BCUT2D eigenvalue weighted by molar-refractivity contribution is 7.89. The highest BCUT2D eigenvalue weighted by atomic mass is 32.2. The van der Waals surface area contributed by atoms with Crippen LogP contribution in [0.3, 0.4) is 0 Å². The van der Waals surface area contributed by atoms with Gasteiger partial charge in [-0.2, -0.15) is 4.31 Å². The number of carboxylic acids is 1. The molecule has 1 saturated heterocycles. The van der Waals surface area contributed by atoms with Gasteiger partial charge in [0.2, 0.25) is 10.0 Å². The van der Waals surface area contributed by atoms with Crippen LogP contribution in [-0.4, -0.2) is 36.9 Å². The summed E-state index contributed by atoms with van der Waals surface area (Å²) in [5.41, 5.74) is -0.446. The van der Waals surface area contributed by atoms with Crippen LogP contribution >= 0.6 is 0 Å². The molecule has 0 aliphatic carbocycles. The summed E-state index contributed by atoms with van der Waals surface area (Å²) in [6.07, 6.45) is 2.27. The highest BCUT2D eigenvalue weighted by Gasteiger charge is 2.43. The lowest BCUT2D eigenvalue weighted by Gasteiger charge is -2.37. The number of halogens is 1. The van der Waals surface area contributed by atoms with E-state index in [0.29, 0.717) is 12.0 Å². The molecule has 0 radical (unpaired) electrons. The fourth-order valence-corrected chi connectivity index (χ4v) is 4.49. The third kappa shape index (κ3) is 3.45. The van der Waals surface area contributed by atoms with Crippen LogP contribution in [0.25, 0.3) is 0 Å². The molecule has 0 unspecified atom stereocenters. The average molecular weight is 341 g/mol. The Bertz CT molecular complexity index is 701. The van der Waals surface area contributed by atoms with Crippen molar-refractivity contribution in [1.29, 1.82) is 0 Å². The number of nitrogens with zero attached hydrogens (tertiary/aromatic N) is 1. The Balaban J connectivity index is 2.24. The van der Waals surface area contributed by atoms with Crippen molar-refractivity contribution in [1.82, 2.24) is 4.31 Å². The molecule has 2 rings (SSSR count). The molecule has 1 aromatic carbocycles. The number of hydrogen-bond donors (Lipinski definition) is 1. The molecule has 0 amide bonds. The topological polar surface area (TPSA) is 74.7 Å². The lowest BCUT2D eigenvalue weighted by Crippen LogP contribution is -2.46. The lowest BCUT2D eigenvalue weighted by atomic mass is 9.76. The fraction of sp³-hybridized carbons (Fsp3) is 0.438. The van der Waals surface area contributed by atoms with Crippen LogP contribution in [-0.2, 0) is 14.8 Å². The van der Waals surface area contributed by atoms with Crippen LogP contribution in [0.15, 0.2) is 35.7 Å². The van der Waals surface area contributed by atoms with Crippen LogP contribution in [0.4, 0.5) is 4.39 Å². The highest BCUT2D eigenvalue weighted by Crippen LogP contribution is 2.37. The molecule has 1 aliphatic heterocycles. The van der Waals surface area contributed by atoms with Gasteiger partial charge in [-0.3, -0.25) is 4.79 Å². The van der Waals surface area contributed by atoms with Crippen LogP contribution < -0.4 is 0 Å². The molecule has 0 bridgehead atoms. The van der Waals surface area contributed by atoms with Gasteiger partial charge in [0.05, 0.1) is 10.3 Å². The maximum Gasteiger partial charge on any atom is 0.310 e. The minimum absolute atomic E-state index is 0.0953. The van der Waals surface area contributed by atoms with E-state index in [0.717, 1.165) is 6.07 Å². The van der Waals surface area contributed by atoms with Crippen molar-refractivity contribution in [2.24, 2.45) is 5.41 Å². The number of allylic oxidation sites excluding steroid dienone is 1. The van der Waals surface area contributed by atoms with Crippen molar-refractivity contribution < 1.29 is 22.7 Å². The molecule has 7 heteroatoms. The normalized spacial score (nSPS) is 18.5. The third-order valence-electron chi connectivity index (χ3n) is 4.32. The second-order valence-corrected chi connectivity index (χ2v) is 7.88. The van der Waals surface area contributed by atoms with Crippen LogP contribution in [0, 0.1) is 18.2 Å². The molecule has 0 spiro atoms. The molecule has 126 valence electrons. The average Bonchev–Trinajstić information content (AvgIpc) is 2.47. The van der Waals surface area contributed by atoms with Crippen molar-refractivity contribution in [3.05, 3.63) is 42.2 Å². The van der Waals surface area contributed by atoms with Crippen molar-refractivity contribution in [3.8, 4) is 0 Å². The molecular weight excluding hydrogens is 321 g/mol. The van der Waals surface area contributed by atoms with Gasteiger partial charge in [0.1, 0.15) is 5.82 Å². The molecule has 1 N–H and O–H groups in total. The maximum atomic E-state index is 13.5. The number of carboxylic acid groups (broad SMARTS) is 1. The van der Waals surface area contributed by atoms with Gasteiger partial charge in [0, 0.05) is 13.1 Å². The van der Waals surface area contributed by atoms with E-state index in [9.17, 15) is 22.7 Å². The number of benzene rings is 1. The SMILES string of the molecule is C=CCC1(C(=O)O)CCN(S(=O)(=O)c2cc(C)cc(F)c2)CC1. The molecule has 1 aliphatic rings. The van der Waals surface area contributed by atoms with E-state index in [-0.39, 0.29) is 30.8 Å². The van der Waals surface area contributed by atoms with E-state index < -0.39 is 27.2 Å². The second-order valence-electron chi connectivity index (χ2n) is 5.95. The largest absolute Gasteiger partial charge is 0.481 e. The number of piperidine rings is 1. The van der Waals surface area contributed by atoms with Gasteiger partial charge in [-0.25, -0.2) is 12.8 Å². The summed E-state index contributed by atoms with van der Waals surface area (Å²) in [6, 6.07) is 3.67. The summed E-state index contributed by atoms with van der Waals surface area (Å²) in [4.78, 5) is 11.4. The van der Waals surface area contributed by atoms with E-state index in [1.54, 1.807) is 13.0 Å². The Morgan fingerprint density at radius 1 is 1.39 bits per heavy atom. The summed E-state index contributed by atoms with van der Waals surface area (Å²) in [5.74, 6) is -1.54. The zero-order chi connectivity index (χ0) is 17.3. The summed E-state index contributed by atoms with van der Waals surface area (Å²) >= 11 is 0. The first-order valence-electron chi connectivity index (χ1n) is 7.33. The van der Waals surface area contributed by atoms with Crippen molar-refractivity contribution >= 4 is 16.0 Å².